The first kappa shape index (κ1) is 13.5. The normalized spacial score (nSPS) is 28.5. The number of aryl methyl sites for hydroxylation is 1. The number of aliphatic hydroxyl groups is 1. The highest BCUT2D eigenvalue weighted by Gasteiger charge is 2.37. The zero-order chi connectivity index (χ0) is 13.3. The van der Waals surface area contributed by atoms with Crippen molar-refractivity contribution in [1.29, 1.82) is 0 Å². The molecular formula is C12H16O5S. The third kappa shape index (κ3) is 2.72. The van der Waals surface area contributed by atoms with E-state index in [4.69, 9.17) is 8.92 Å². The maximum Gasteiger partial charge on any atom is 0.297 e. The Bertz CT molecular complexity index is 508. The smallest absolute Gasteiger partial charge is 0.297 e. The first-order valence-electron chi connectivity index (χ1n) is 5.70. The monoisotopic (exact) mass is 272 g/mol. The summed E-state index contributed by atoms with van der Waals surface area (Å²) in [6, 6.07) is 6.35. The van der Waals surface area contributed by atoms with Crippen molar-refractivity contribution >= 4 is 10.1 Å². The van der Waals surface area contributed by atoms with Crippen LogP contribution in [0.25, 0.3) is 0 Å². The highest BCUT2D eigenvalue weighted by Crippen LogP contribution is 2.22. The lowest BCUT2D eigenvalue weighted by Gasteiger charge is -2.15. The molecule has 1 aliphatic rings. The summed E-state index contributed by atoms with van der Waals surface area (Å²) in [7, 11) is -3.86. The van der Waals surface area contributed by atoms with Crippen LogP contribution < -0.4 is 0 Å². The number of benzene rings is 1. The zero-order valence-corrected chi connectivity index (χ0v) is 11.1. The van der Waals surface area contributed by atoms with Gasteiger partial charge in [-0.3, -0.25) is 4.18 Å². The predicted octanol–water partition coefficient (Wildman–Crippen LogP) is 0.849. The Morgan fingerprint density at radius 3 is 2.44 bits per heavy atom. The fourth-order valence-electron chi connectivity index (χ4n) is 1.75. The van der Waals surface area contributed by atoms with Crippen LogP contribution in [-0.2, 0) is 19.0 Å². The van der Waals surface area contributed by atoms with E-state index < -0.39 is 28.4 Å². The number of hydrogen-bond donors (Lipinski definition) is 1. The maximum absolute atomic E-state index is 12.0. The van der Waals surface area contributed by atoms with Crippen molar-refractivity contribution in [1.82, 2.24) is 0 Å². The molecule has 1 aromatic carbocycles. The summed E-state index contributed by atoms with van der Waals surface area (Å²) < 4.78 is 34.1. The van der Waals surface area contributed by atoms with Gasteiger partial charge in [-0.25, -0.2) is 0 Å². The second-order valence-electron chi connectivity index (χ2n) is 4.43. The van der Waals surface area contributed by atoms with Crippen LogP contribution in [0.15, 0.2) is 29.2 Å². The molecule has 0 amide bonds. The summed E-state index contributed by atoms with van der Waals surface area (Å²) in [6.07, 6.45) is -2.18. The Labute approximate surface area is 106 Å². The molecule has 0 aliphatic carbocycles. The van der Waals surface area contributed by atoms with Gasteiger partial charge < -0.3 is 9.84 Å². The van der Waals surface area contributed by atoms with E-state index >= 15 is 0 Å². The van der Waals surface area contributed by atoms with E-state index in [1.807, 2.05) is 6.92 Å². The number of aliphatic hydroxyl groups excluding tert-OH is 1. The molecule has 0 spiro atoms. The van der Waals surface area contributed by atoms with Crippen molar-refractivity contribution in [2.75, 3.05) is 6.61 Å². The Morgan fingerprint density at radius 1 is 1.33 bits per heavy atom. The van der Waals surface area contributed by atoms with Gasteiger partial charge in [0.1, 0.15) is 12.2 Å². The van der Waals surface area contributed by atoms with Gasteiger partial charge in [-0.1, -0.05) is 17.7 Å². The van der Waals surface area contributed by atoms with Crippen molar-refractivity contribution in [2.45, 2.75) is 37.1 Å². The molecule has 1 aliphatic heterocycles. The molecule has 5 nitrogen and oxygen atoms in total. The average Bonchev–Trinajstić information content (AvgIpc) is 2.61. The van der Waals surface area contributed by atoms with E-state index in [1.165, 1.54) is 12.1 Å². The van der Waals surface area contributed by atoms with E-state index in [-0.39, 0.29) is 11.5 Å². The van der Waals surface area contributed by atoms with E-state index in [9.17, 15) is 13.5 Å². The molecule has 3 atom stereocenters. The van der Waals surface area contributed by atoms with Crippen molar-refractivity contribution < 1.29 is 22.4 Å². The molecule has 0 aromatic heterocycles. The summed E-state index contributed by atoms with van der Waals surface area (Å²) in [5.74, 6) is 0. The topological polar surface area (TPSA) is 72.8 Å². The summed E-state index contributed by atoms with van der Waals surface area (Å²) in [4.78, 5) is 0.0832. The van der Waals surface area contributed by atoms with Crippen LogP contribution in [0.1, 0.15) is 12.5 Å². The molecule has 0 bridgehead atoms. The van der Waals surface area contributed by atoms with Crippen LogP contribution in [0.4, 0.5) is 0 Å². The maximum atomic E-state index is 12.0. The first-order chi connectivity index (χ1) is 8.40. The van der Waals surface area contributed by atoms with Gasteiger partial charge >= 0.3 is 0 Å². The molecule has 0 radical (unpaired) electrons. The van der Waals surface area contributed by atoms with Crippen molar-refractivity contribution in [2.24, 2.45) is 0 Å². The Kier molecular flexibility index (Phi) is 3.72. The fraction of sp³-hybridized carbons (Fsp3) is 0.500. The van der Waals surface area contributed by atoms with Gasteiger partial charge in [-0.05, 0) is 26.0 Å². The van der Waals surface area contributed by atoms with Crippen LogP contribution in [0, 0.1) is 6.92 Å². The van der Waals surface area contributed by atoms with Gasteiger partial charge in [0.2, 0.25) is 0 Å². The standard InChI is InChI=1S/C12H16O5S/c1-8-3-5-10(6-4-8)18(14,15)17-11-7-16-9(2)12(11)13/h3-6,9,11-13H,7H2,1-2H3/t9-,11+,12-/m1/s1. The van der Waals surface area contributed by atoms with E-state index in [1.54, 1.807) is 19.1 Å². The number of hydrogen-bond acceptors (Lipinski definition) is 5. The molecule has 0 unspecified atom stereocenters. The fourth-order valence-corrected chi connectivity index (χ4v) is 2.83. The van der Waals surface area contributed by atoms with Crippen LogP contribution in [0.3, 0.4) is 0 Å². The second kappa shape index (κ2) is 4.97. The SMILES string of the molecule is Cc1ccc(S(=O)(=O)O[C@H]2CO[C@H](C)[C@H]2O)cc1. The molecule has 18 heavy (non-hydrogen) atoms. The lowest BCUT2D eigenvalue weighted by Crippen LogP contribution is -2.32. The molecule has 0 saturated carbocycles. The summed E-state index contributed by atoms with van der Waals surface area (Å²) >= 11 is 0. The number of ether oxygens (including phenoxy) is 1. The predicted molar refractivity (Wildman–Crippen MR) is 64.7 cm³/mol. The van der Waals surface area contributed by atoms with Crippen molar-refractivity contribution in [3.8, 4) is 0 Å². The van der Waals surface area contributed by atoms with Crippen LogP contribution >= 0.6 is 0 Å². The average molecular weight is 272 g/mol. The molecule has 1 saturated heterocycles. The summed E-state index contributed by atoms with van der Waals surface area (Å²) in [5.41, 5.74) is 0.965. The number of rotatable bonds is 3. The van der Waals surface area contributed by atoms with Gasteiger partial charge in [0.25, 0.3) is 10.1 Å². The van der Waals surface area contributed by atoms with Crippen LogP contribution in [0.5, 0.6) is 0 Å². The molecule has 1 fully saturated rings. The largest absolute Gasteiger partial charge is 0.388 e. The summed E-state index contributed by atoms with van der Waals surface area (Å²) in [6.45, 7) is 3.62. The Morgan fingerprint density at radius 2 is 1.94 bits per heavy atom. The Balaban J connectivity index is 2.15. The van der Waals surface area contributed by atoms with Crippen molar-refractivity contribution in [3.05, 3.63) is 29.8 Å². The highest BCUT2D eigenvalue weighted by atomic mass is 32.2. The van der Waals surface area contributed by atoms with Gasteiger partial charge in [-0.2, -0.15) is 8.42 Å². The first-order valence-corrected chi connectivity index (χ1v) is 7.10. The minimum Gasteiger partial charge on any atom is -0.388 e. The van der Waals surface area contributed by atoms with E-state index in [0.29, 0.717) is 0 Å². The quantitative estimate of drug-likeness (QED) is 0.826. The van der Waals surface area contributed by atoms with Gasteiger partial charge in [-0.15, -0.1) is 0 Å². The lowest BCUT2D eigenvalue weighted by atomic mass is 10.2. The van der Waals surface area contributed by atoms with Gasteiger partial charge in [0.05, 0.1) is 17.6 Å². The third-order valence-corrected chi connectivity index (χ3v) is 4.30. The highest BCUT2D eigenvalue weighted by molar-refractivity contribution is 7.86. The van der Waals surface area contributed by atoms with Gasteiger partial charge in [0, 0.05) is 0 Å². The zero-order valence-electron chi connectivity index (χ0n) is 10.2. The minimum atomic E-state index is -3.86. The third-order valence-electron chi connectivity index (χ3n) is 2.95. The van der Waals surface area contributed by atoms with E-state index in [2.05, 4.69) is 0 Å². The molecule has 2 rings (SSSR count). The van der Waals surface area contributed by atoms with Crippen LogP contribution in [-0.4, -0.2) is 38.4 Å². The Hall–Kier alpha value is -0.950. The summed E-state index contributed by atoms with van der Waals surface area (Å²) in [5, 5.41) is 9.70. The lowest BCUT2D eigenvalue weighted by molar-refractivity contribution is 0.0404. The van der Waals surface area contributed by atoms with Crippen molar-refractivity contribution in [3.63, 3.8) is 0 Å². The second-order valence-corrected chi connectivity index (χ2v) is 6.00. The molecule has 1 aromatic rings. The molecule has 100 valence electrons. The minimum absolute atomic E-state index is 0.0768. The van der Waals surface area contributed by atoms with Crippen LogP contribution in [0.2, 0.25) is 0 Å². The molecular weight excluding hydrogens is 256 g/mol. The molecule has 1 heterocycles. The molecule has 6 heteroatoms. The molecule has 1 N–H and O–H groups in total. The van der Waals surface area contributed by atoms with Gasteiger partial charge in [0.15, 0.2) is 0 Å². The van der Waals surface area contributed by atoms with E-state index in [0.717, 1.165) is 5.56 Å².